The van der Waals surface area contributed by atoms with Gasteiger partial charge in [0.1, 0.15) is 5.75 Å². The minimum absolute atomic E-state index is 0.827. The zero-order valence-corrected chi connectivity index (χ0v) is 21.2. The number of unbranched alkanes of at least 4 members (excludes halogenated alkanes) is 9. The normalized spacial score (nSPS) is 14.1. The van der Waals surface area contributed by atoms with Crippen LogP contribution >= 0.6 is 0 Å². The second kappa shape index (κ2) is 15.9. The first-order chi connectivity index (χ1) is 16.3. The Morgan fingerprint density at radius 3 is 2.18 bits per heavy atom. The quantitative estimate of drug-likeness (QED) is 0.224. The molecule has 1 aliphatic rings. The van der Waals surface area contributed by atoms with Crippen LogP contribution in [0.2, 0.25) is 0 Å². The largest absolute Gasteiger partial charge is 0.494 e. The van der Waals surface area contributed by atoms with E-state index in [1.807, 2.05) is 0 Å². The Kier molecular flexibility index (Phi) is 12.4. The summed E-state index contributed by atoms with van der Waals surface area (Å²) in [5.74, 6) is 2.02. The Balaban J connectivity index is 1.26. The molecule has 33 heavy (non-hydrogen) atoms. The van der Waals surface area contributed by atoms with Gasteiger partial charge in [0.05, 0.1) is 12.3 Å². The fourth-order valence-electron chi connectivity index (χ4n) is 5.13. The molecule has 0 bridgehead atoms. The van der Waals surface area contributed by atoms with Crippen LogP contribution in [-0.2, 0) is 6.42 Å². The van der Waals surface area contributed by atoms with E-state index in [1.54, 1.807) is 0 Å². The van der Waals surface area contributed by atoms with E-state index in [9.17, 15) is 0 Å². The van der Waals surface area contributed by atoms with Gasteiger partial charge in [-0.05, 0) is 61.1 Å². The summed E-state index contributed by atoms with van der Waals surface area (Å²) in [5.41, 5.74) is 3.56. The van der Waals surface area contributed by atoms with Crippen molar-refractivity contribution in [2.75, 3.05) is 6.61 Å². The van der Waals surface area contributed by atoms with Crippen LogP contribution in [0.15, 0.2) is 42.6 Å². The Morgan fingerprint density at radius 2 is 1.45 bits per heavy atom. The summed E-state index contributed by atoms with van der Waals surface area (Å²) in [6.45, 7) is 3.10. The highest BCUT2D eigenvalue weighted by molar-refractivity contribution is 5.60. The molecule has 0 unspecified atom stereocenters. The molecule has 2 heteroatoms. The van der Waals surface area contributed by atoms with Crippen molar-refractivity contribution in [3.8, 4) is 17.0 Å². The maximum absolute atomic E-state index is 5.96. The van der Waals surface area contributed by atoms with Crippen LogP contribution < -0.4 is 4.74 Å². The predicted molar refractivity (Wildman–Crippen MR) is 142 cm³/mol. The van der Waals surface area contributed by atoms with Crippen molar-refractivity contribution >= 4 is 0 Å². The van der Waals surface area contributed by atoms with Crippen LogP contribution in [-0.4, -0.2) is 11.6 Å². The first kappa shape index (κ1) is 25.8. The second-order valence-electron chi connectivity index (χ2n) is 10.1. The number of rotatable bonds is 17. The van der Waals surface area contributed by atoms with E-state index >= 15 is 0 Å². The first-order valence-electron chi connectivity index (χ1n) is 14.0. The van der Waals surface area contributed by atoms with E-state index in [0.717, 1.165) is 42.4 Å². The summed E-state index contributed by atoms with van der Waals surface area (Å²) in [6, 6.07) is 12.8. The Labute approximate surface area is 203 Å². The molecule has 0 atom stereocenters. The van der Waals surface area contributed by atoms with Gasteiger partial charge in [0.15, 0.2) is 0 Å². The summed E-state index contributed by atoms with van der Waals surface area (Å²) in [4.78, 5) is 4.70. The smallest absolute Gasteiger partial charge is 0.119 e. The summed E-state index contributed by atoms with van der Waals surface area (Å²) in [6.07, 6.45) is 25.3. The number of aryl methyl sites for hydroxylation is 1. The highest BCUT2D eigenvalue weighted by Gasteiger charge is 2.13. The van der Waals surface area contributed by atoms with Crippen molar-refractivity contribution in [1.82, 2.24) is 4.98 Å². The number of ether oxygens (including phenoxy) is 1. The molecule has 0 aliphatic heterocycles. The van der Waals surface area contributed by atoms with Crippen LogP contribution in [0.4, 0.5) is 0 Å². The average Bonchev–Trinajstić information content (AvgIpc) is 3.37. The Morgan fingerprint density at radius 1 is 0.758 bits per heavy atom. The lowest BCUT2D eigenvalue weighted by Crippen LogP contribution is -1.97. The molecule has 0 saturated heterocycles. The van der Waals surface area contributed by atoms with Crippen LogP contribution in [0.3, 0.4) is 0 Å². The lowest BCUT2D eigenvalue weighted by molar-refractivity contribution is 0.304. The molecule has 2 nitrogen and oxygen atoms in total. The molecule has 0 amide bonds. The first-order valence-corrected chi connectivity index (χ1v) is 14.0. The average molecular weight is 450 g/mol. The maximum Gasteiger partial charge on any atom is 0.119 e. The van der Waals surface area contributed by atoms with E-state index in [0.29, 0.717) is 0 Å². The van der Waals surface area contributed by atoms with E-state index in [4.69, 9.17) is 9.72 Å². The molecule has 1 fully saturated rings. The standard InChI is InChI=1S/C31H47NO/c1-2-3-4-5-7-11-18-28-19-24-31(32-26-28)29-20-22-30(23-21-29)33-25-14-9-6-8-10-15-27-16-12-13-17-27/h19-24,26-27H,2-18,25H2,1H3. The van der Waals surface area contributed by atoms with E-state index < -0.39 is 0 Å². The van der Waals surface area contributed by atoms with Gasteiger partial charge in [-0.2, -0.15) is 0 Å². The van der Waals surface area contributed by atoms with Crippen LogP contribution in [0.5, 0.6) is 5.75 Å². The zero-order chi connectivity index (χ0) is 23.0. The van der Waals surface area contributed by atoms with Gasteiger partial charge in [-0.1, -0.05) is 103 Å². The summed E-state index contributed by atoms with van der Waals surface area (Å²) in [5, 5.41) is 0. The van der Waals surface area contributed by atoms with Gasteiger partial charge in [-0.3, -0.25) is 4.98 Å². The molecule has 3 rings (SSSR count). The monoisotopic (exact) mass is 449 g/mol. The molecular weight excluding hydrogens is 402 g/mol. The molecule has 1 aromatic heterocycles. The van der Waals surface area contributed by atoms with Crippen molar-refractivity contribution in [1.29, 1.82) is 0 Å². The zero-order valence-electron chi connectivity index (χ0n) is 21.2. The SMILES string of the molecule is CCCCCCCCc1ccc(-c2ccc(OCCCCCCCC3CCCC3)cc2)nc1. The lowest BCUT2D eigenvalue weighted by Gasteiger charge is -2.09. The third-order valence-electron chi connectivity index (χ3n) is 7.29. The summed E-state index contributed by atoms with van der Waals surface area (Å²) < 4.78 is 5.96. The third-order valence-corrected chi connectivity index (χ3v) is 7.29. The predicted octanol–water partition coefficient (Wildman–Crippen LogP) is 9.56. The molecule has 182 valence electrons. The number of pyridine rings is 1. The van der Waals surface area contributed by atoms with E-state index in [1.165, 1.54) is 102 Å². The molecule has 1 aliphatic carbocycles. The molecule has 0 spiro atoms. The maximum atomic E-state index is 5.96. The fourth-order valence-corrected chi connectivity index (χ4v) is 5.13. The molecule has 2 aromatic rings. The highest BCUT2D eigenvalue weighted by atomic mass is 16.5. The Bertz CT molecular complexity index is 731. The Hall–Kier alpha value is -1.83. The van der Waals surface area contributed by atoms with Crippen molar-refractivity contribution in [2.45, 2.75) is 116 Å². The van der Waals surface area contributed by atoms with Crippen molar-refractivity contribution < 1.29 is 4.74 Å². The van der Waals surface area contributed by atoms with Crippen LogP contribution in [0.1, 0.15) is 115 Å². The van der Waals surface area contributed by atoms with Gasteiger partial charge in [0.25, 0.3) is 0 Å². The molecule has 1 saturated carbocycles. The molecule has 0 N–H and O–H groups in total. The van der Waals surface area contributed by atoms with Gasteiger partial charge in [0, 0.05) is 11.8 Å². The highest BCUT2D eigenvalue weighted by Crippen LogP contribution is 2.29. The van der Waals surface area contributed by atoms with Gasteiger partial charge in [0.2, 0.25) is 0 Å². The number of hydrogen-bond donors (Lipinski definition) is 0. The summed E-state index contributed by atoms with van der Waals surface area (Å²) in [7, 11) is 0. The number of benzene rings is 1. The van der Waals surface area contributed by atoms with Gasteiger partial charge < -0.3 is 4.74 Å². The minimum Gasteiger partial charge on any atom is -0.494 e. The van der Waals surface area contributed by atoms with Crippen molar-refractivity contribution in [2.24, 2.45) is 5.92 Å². The van der Waals surface area contributed by atoms with E-state index in [-0.39, 0.29) is 0 Å². The molecule has 1 heterocycles. The van der Waals surface area contributed by atoms with Gasteiger partial charge in [-0.15, -0.1) is 0 Å². The van der Waals surface area contributed by atoms with Crippen LogP contribution in [0.25, 0.3) is 11.3 Å². The lowest BCUT2D eigenvalue weighted by atomic mass is 9.99. The van der Waals surface area contributed by atoms with Crippen LogP contribution in [0, 0.1) is 5.92 Å². The van der Waals surface area contributed by atoms with Gasteiger partial charge >= 0.3 is 0 Å². The fraction of sp³-hybridized carbons (Fsp3) is 0.645. The molecule has 0 radical (unpaired) electrons. The topological polar surface area (TPSA) is 22.1 Å². The molecule has 1 aromatic carbocycles. The molecular formula is C31H47NO. The second-order valence-corrected chi connectivity index (χ2v) is 10.1. The summed E-state index contributed by atoms with van der Waals surface area (Å²) >= 11 is 0. The third kappa shape index (κ3) is 10.3. The van der Waals surface area contributed by atoms with Crippen molar-refractivity contribution in [3.63, 3.8) is 0 Å². The van der Waals surface area contributed by atoms with Crippen molar-refractivity contribution in [3.05, 3.63) is 48.2 Å². The van der Waals surface area contributed by atoms with E-state index in [2.05, 4.69) is 49.5 Å². The number of nitrogens with zero attached hydrogens (tertiary/aromatic N) is 1. The van der Waals surface area contributed by atoms with Gasteiger partial charge in [-0.25, -0.2) is 0 Å². The minimum atomic E-state index is 0.827. The number of aromatic nitrogens is 1. The number of hydrogen-bond acceptors (Lipinski definition) is 2.